The van der Waals surface area contributed by atoms with Crippen LogP contribution in [0.4, 0.5) is 8.78 Å². The zero-order valence-electron chi connectivity index (χ0n) is 16.3. The molecule has 1 unspecified atom stereocenters. The van der Waals surface area contributed by atoms with Gasteiger partial charge in [0.15, 0.2) is 5.67 Å². The van der Waals surface area contributed by atoms with E-state index in [1.807, 2.05) is 0 Å². The van der Waals surface area contributed by atoms with E-state index in [0.29, 0.717) is 11.1 Å². The van der Waals surface area contributed by atoms with Crippen molar-refractivity contribution < 1.29 is 18.4 Å². The van der Waals surface area contributed by atoms with Crippen molar-refractivity contribution in [2.75, 3.05) is 6.54 Å². The summed E-state index contributed by atoms with van der Waals surface area (Å²) in [5.41, 5.74) is -0.745. The van der Waals surface area contributed by atoms with Crippen LogP contribution in [-0.4, -0.2) is 28.2 Å². The van der Waals surface area contributed by atoms with Crippen LogP contribution in [0.3, 0.4) is 0 Å². The van der Waals surface area contributed by atoms with Crippen LogP contribution in [0, 0.1) is 17.7 Å². The van der Waals surface area contributed by atoms with Crippen molar-refractivity contribution in [3.05, 3.63) is 99.6 Å². The fourth-order valence-electron chi connectivity index (χ4n) is 3.32. The summed E-state index contributed by atoms with van der Waals surface area (Å²) in [6.45, 7) is 0.696. The van der Waals surface area contributed by atoms with Gasteiger partial charge in [-0.2, -0.15) is 0 Å². The molecule has 1 atom stereocenters. The molecule has 7 heteroatoms. The van der Waals surface area contributed by atoms with E-state index in [4.69, 9.17) is 11.6 Å². The summed E-state index contributed by atoms with van der Waals surface area (Å²) in [4.78, 5) is 30.0. The number of imide groups is 1. The number of pyridine rings is 1. The molecular formula is C24H15ClF2N2O2. The third-order valence-corrected chi connectivity index (χ3v) is 5.15. The summed E-state index contributed by atoms with van der Waals surface area (Å²) in [5.74, 6) is 4.22. The average molecular weight is 437 g/mol. The summed E-state index contributed by atoms with van der Waals surface area (Å²) in [6, 6.07) is 13.5. The fourth-order valence-corrected chi connectivity index (χ4v) is 3.69. The maximum atomic E-state index is 15.6. The molecule has 0 bridgehead atoms. The SMILES string of the molecule is CC(F)(CN1C(=O)c2ccccc2C1=O)c1ncc(C#Cc2ccc(F)cc2)cc1Cl. The van der Waals surface area contributed by atoms with Crippen LogP contribution in [0.2, 0.25) is 5.02 Å². The van der Waals surface area contributed by atoms with Crippen molar-refractivity contribution in [1.29, 1.82) is 0 Å². The van der Waals surface area contributed by atoms with Gasteiger partial charge in [-0.15, -0.1) is 0 Å². The second-order valence-electron chi connectivity index (χ2n) is 7.25. The van der Waals surface area contributed by atoms with Crippen LogP contribution in [0.15, 0.2) is 60.8 Å². The van der Waals surface area contributed by atoms with Crippen LogP contribution < -0.4 is 0 Å². The third-order valence-electron chi connectivity index (χ3n) is 4.86. The van der Waals surface area contributed by atoms with E-state index >= 15 is 4.39 Å². The molecule has 0 spiro atoms. The van der Waals surface area contributed by atoms with Gasteiger partial charge in [-0.3, -0.25) is 19.5 Å². The number of aromatic nitrogens is 1. The van der Waals surface area contributed by atoms with E-state index in [0.717, 1.165) is 4.90 Å². The van der Waals surface area contributed by atoms with Gasteiger partial charge < -0.3 is 0 Å². The van der Waals surface area contributed by atoms with Crippen LogP contribution in [-0.2, 0) is 5.67 Å². The van der Waals surface area contributed by atoms with E-state index in [2.05, 4.69) is 16.8 Å². The maximum Gasteiger partial charge on any atom is 0.261 e. The van der Waals surface area contributed by atoms with E-state index in [-0.39, 0.29) is 27.7 Å². The smallest absolute Gasteiger partial charge is 0.261 e. The highest BCUT2D eigenvalue weighted by Gasteiger charge is 2.42. The summed E-state index contributed by atoms with van der Waals surface area (Å²) < 4.78 is 28.5. The molecule has 1 aromatic heterocycles. The van der Waals surface area contributed by atoms with Gasteiger partial charge in [0.2, 0.25) is 0 Å². The quantitative estimate of drug-likeness (QED) is 0.439. The Morgan fingerprint density at radius 2 is 1.58 bits per heavy atom. The first-order valence-corrected chi connectivity index (χ1v) is 9.72. The number of carbonyl (C=O) groups excluding carboxylic acids is 2. The first kappa shape index (κ1) is 20.7. The molecule has 0 radical (unpaired) electrons. The highest BCUT2D eigenvalue weighted by molar-refractivity contribution is 6.31. The second-order valence-corrected chi connectivity index (χ2v) is 7.66. The Balaban J connectivity index is 1.56. The summed E-state index contributed by atoms with van der Waals surface area (Å²) in [6.07, 6.45) is 1.36. The molecule has 0 aliphatic carbocycles. The number of alkyl halides is 1. The largest absolute Gasteiger partial charge is 0.271 e. The van der Waals surface area contributed by atoms with Gasteiger partial charge in [0.25, 0.3) is 11.8 Å². The van der Waals surface area contributed by atoms with Crippen molar-refractivity contribution in [3.63, 3.8) is 0 Å². The number of benzene rings is 2. The molecule has 4 nitrogen and oxygen atoms in total. The van der Waals surface area contributed by atoms with E-state index in [1.54, 1.807) is 12.1 Å². The highest BCUT2D eigenvalue weighted by Crippen LogP contribution is 2.34. The second kappa shape index (κ2) is 7.93. The van der Waals surface area contributed by atoms with Gasteiger partial charge in [0.05, 0.1) is 28.4 Å². The number of fused-ring (bicyclic) bond motifs is 1. The Kier molecular flexibility index (Phi) is 5.30. The zero-order chi connectivity index (χ0) is 22.2. The van der Waals surface area contributed by atoms with Crippen molar-refractivity contribution >= 4 is 23.4 Å². The van der Waals surface area contributed by atoms with Crippen LogP contribution in [0.1, 0.15) is 44.5 Å². The molecule has 0 saturated heterocycles. The topological polar surface area (TPSA) is 50.3 Å². The zero-order valence-corrected chi connectivity index (χ0v) is 17.1. The summed E-state index contributed by atoms with van der Waals surface area (Å²) >= 11 is 6.26. The summed E-state index contributed by atoms with van der Waals surface area (Å²) in [7, 11) is 0. The van der Waals surface area contributed by atoms with Crippen LogP contribution >= 0.6 is 11.6 Å². The molecule has 4 rings (SSSR count). The minimum absolute atomic E-state index is 0.0208. The van der Waals surface area contributed by atoms with Gasteiger partial charge in [0, 0.05) is 17.3 Å². The van der Waals surface area contributed by atoms with Crippen molar-refractivity contribution in [2.45, 2.75) is 12.6 Å². The van der Waals surface area contributed by atoms with Crippen LogP contribution in [0.25, 0.3) is 0 Å². The minimum atomic E-state index is -2.17. The first-order valence-electron chi connectivity index (χ1n) is 9.34. The number of nitrogens with zero attached hydrogens (tertiary/aromatic N) is 2. The third kappa shape index (κ3) is 4.05. The summed E-state index contributed by atoms with van der Waals surface area (Å²) in [5, 5.41) is 0.0208. The molecule has 3 aromatic rings. The van der Waals surface area contributed by atoms with E-state index < -0.39 is 24.0 Å². The molecule has 1 aliphatic rings. The van der Waals surface area contributed by atoms with Gasteiger partial charge in [-0.1, -0.05) is 35.6 Å². The molecule has 2 amide bonds. The average Bonchev–Trinajstić information content (AvgIpc) is 2.98. The van der Waals surface area contributed by atoms with Gasteiger partial charge in [-0.25, -0.2) is 8.78 Å². The van der Waals surface area contributed by atoms with Crippen molar-refractivity contribution in [2.24, 2.45) is 0 Å². The number of halogens is 3. The molecule has 31 heavy (non-hydrogen) atoms. The van der Waals surface area contributed by atoms with Gasteiger partial charge in [-0.05, 0) is 49.4 Å². The fraction of sp³-hybridized carbons (Fsp3) is 0.125. The lowest BCUT2D eigenvalue weighted by molar-refractivity contribution is 0.0512. The van der Waals surface area contributed by atoms with Crippen molar-refractivity contribution in [1.82, 2.24) is 9.88 Å². The van der Waals surface area contributed by atoms with E-state index in [9.17, 15) is 14.0 Å². The Morgan fingerprint density at radius 1 is 1.00 bits per heavy atom. The van der Waals surface area contributed by atoms with Crippen molar-refractivity contribution in [3.8, 4) is 11.8 Å². The Hall–Kier alpha value is -3.56. The molecule has 1 aliphatic heterocycles. The van der Waals surface area contributed by atoms with Crippen LogP contribution in [0.5, 0.6) is 0 Å². The Morgan fingerprint density at radius 3 is 2.16 bits per heavy atom. The number of hydrogen-bond donors (Lipinski definition) is 0. The van der Waals surface area contributed by atoms with E-state index in [1.165, 1.54) is 55.6 Å². The molecule has 0 saturated carbocycles. The molecule has 0 N–H and O–H groups in total. The Bertz CT molecular complexity index is 1230. The lowest BCUT2D eigenvalue weighted by Crippen LogP contribution is -2.40. The predicted molar refractivity (Wildman–Crippen MR) is 112 cm³/mol. The lowest BCUT2D eigenvalue weighted by Gasteiger charge is -2.25. The lowest BCUT2D eigenvalue weighted by atomic mass is 10.0. The molecule has 2 heterocycles. The normalized spacial score (nSPS) is 14.6. The van der Waals surface area contributed by atoms with Gasteiger partial charge in [0.1, 0.15) is 5.82 Å². The monoisotopic (exact) mass is 436 g/mol. The first-order chi connectivity index (χ1) is 14.8. The molecular weight excluding hydrogens is 422 g/mol. The number of amides is 2. The number of rotatable bonds is 3. The standard InChI is InChI=1S/C24H15ClF2N2O2/c1-24(27,14-29-22(30)18-4-2-3-5-19(18)23(29)31)21-20(25)12-16(13-28-21)7-6-15-8-10-17(26)11-9-15/h2-5,8-13H,14H2,1H3. The maximum absolute atomic E-state index is 15.6. The molecule has 154 valence electrons. The predicted octanol–water partition coefficient (Wildman–Crippen LogP) is 4.75. The molecule has 0 fully saturated rings. The number of hydrogen-bond acceptors (Lipinski definition) is 3. The Labute approximate surface area is 182 Å². The number of carbonyl (C=O) groups is 2. The van der Waals surface area contributed by atoms with Gasteiger partial charge >= 0.3 is 0 Å². The molecule has 2 aromatic carbocycles. The minimum Gasteiger partial charge on any atom is -0.271 e. The highest BCUT2D eigenvalue weighted by atomic mass is 35.5.